The molecule has 0 spiro atoms. The number of carbonyl (C=O) groups is 1. The Morgan fingerprint density at radius 3 is 2.34 bits per heavy atom. The van der Waals surface area contributed by atoms with E-state index in [1.54, 1.807) is 7.11 Å². The summed E-state index contributed by atoms with van der Waals surface area (Å²) in [6.45, 7) is 11.2. The monoisotopic (exact) mass is 394 g/mol. The third kappa shape index (κ3) is 4.30. The standard InChI is InChI=1S/C24H30N2O3/c1-6-25(7-2)14-15-29-24(27)23-18(4)26(19-10-8-17(3)9-11-19)22-13-12-20(28-5)16-21(22)23/h8-13,16H,6-7,14-15H2,1-5H3. The third-order valence-electron chi connectivity index (χ3n) is 5.44. The molecule has 0 atom stereocenters. The number of aryl methyl sites for hydroxylation is 1. The van der Waals surface area contributed by atoms with Gasteiger partial charge in [0.2, 0.25) is 0 Å². The summed E-state index contributed by atoms with van der Waals surface area (Å²) in [6, 6.07) is 14.1. The van der Waals surface area contributed by atoms with Gasteiger partial charge in [0.05, 0.1) is 18.2 Å². The highest BCUT2D eigenvalue weighted by molar-refractivity contribution is 6.07. The zero-order valence-electron chi connectivity index (χ0n) is 18.0. The number of esters is 1. The summed E-state index contributed by atoms with van der Waals surface area (Å²) < 4.78 is 13.2. The Labute approximate surface area is 172 Å². The number of aromatic nitrogens is 1. The summed E-state index contributed by atoms with van der Waals surface area (Å²) in [5, 5.41) is 0.843. The zero-order valence-corrected chi connectivity index (χ0v) is 18.0. The molecule has 0 aliphatic heterocycles. The number of carbonyl (C=O) groups excluding carboxylic acids is 1. The highest BCUT2D eigenvalue weighted by atomic mass is 16.5. The maximum atomic E-state index is 13.0. The normalized spacial score (nSPS) is 11.2. The predicted octanol–water partition coefficient (Wildman–Crippen LogP) is 4.75. The summed E-state index contributed by atoms with van der Waals surface area (Å²) in [7, 11) is 1.63. The van der Waals surface area contributed by atoms with Crippen molar-refractivity contribution in [2.24, 2.45) is 0 Å². The van der Waals surface area contributed by atoms with Gasteiger partial charge in [-0.05, 0) is 57.3 Å². The van der Waals surface area contributed by atoms with Gasteiger partial charge >= 0.3 is 5.97 Å². The van der Waals surface area contributed by atoms with Gasteiger partial charge in [-0.2, -0.15) is 0 Å². The smallest absolute Gasteiger partial charge is 0.340 e. The van der Waals surface area contributed by atoms with Crippen molar-refractivity contribution in [2.75, 3.05) is 33.4 Å². The van der Waals surface area contributed by atoms with Crippen LogP contribution in [0.3, 0.4) is 0 Å². The van der Waals surface area contributed by atoms with Gasteiger partial charge in [0, 0.05) is 23.3 Å². The van der Waals surface area contributed by atoms with E-state index in [0.717, 1.165) is 47.7 Å². The van der Waals surface area contributed by atoms with Crippen molar-refractivity contribution in [1.82, 2.24) is 9.47 Å². The number of ether oxygens (including phenoxy) is 2. The molecule has 0 radical (unpaired) electrons. The van der Waals surface area contributed by atoms with E-state index < -0.39 is 0 Å². The van der Waals surface area contributed by atoms with Crippen molar-refractivity contribution >= 4 is 16.9 Å². The van der Waals surface area contributed by atoms with Gasteiger partial charge in [0.1, 0.15) is 12.4 Å². The van der Waals surface area contributed by atoms with E-state index in [9.17, 15) is 4.79 Å². The molecule has 0 saturated heterocycles. The van der Waals surface area contributed by atoms with E-state index in [1.165, 1.54) is 5.56 Å². The number of likely N-dealkylation sites (N-methyl/N-ethyl adjacent to an activating group) is 1. The van der Waals surface area contributed by atoms with Gasteiger partial charge in [-0.15, -0.1) is 0 Å². The minimum Gasteiger partial charge on any atom is -0.497 e. The number of hydrogen-bond acceptors (Lipinski definition) is 4. The van der Waals surface area contributed by atoms with Crippen LogP contribution in [0.15, 0.2) is 42.5 Å². The van der Waals surface area contributed by atoms with Gasteiger partial charge in [-0.1, -0.05) is 31.5 Å². The first-order chi connectivity index (χ1) is 14.0. The average Bonchev–Trinajstić information content (AvgIpc) is 3.02. The number of hydrogen-bond donors (Lipinski definition) is 0. The summed E-state index contributed by atoms with van der Waals surface area (Å²) >= 11 is 0. The van der Waals surface area contributed by atoms with Crippen LogP contribution in [0.1, 0.15) is 35.5 Å². The Morgan fingerprint density at radius 2 is 1.72 bits per heavy atom. The fourth-order valence-electron chi connectivity index (χ4n) is 3.69. The molecule has 0 unspecified atom stereocenters. The van der Waals surface area contributed by atoms with Crippen LogP contribution >= 0.6 is 0 Å². The van der Waals surface area contributed by atoms with Crippen molar-refractivity contribution < 1.29 is 14.3 Å². The Kier molecular flexibility index (Phi) is 6.60. The molecule has 3 aromatic rings. The second-order valence-corrected chi connectivity index (χ2v) is 7.18. The van der Waals surface area contributed by atoms with Crippen molar-refractivity contribution in [2.45, 2.75) is 27.7 Å². The highest BCUT2D eigenvalue weighted by Crippen LogP contribution is 2.32. The summed E-state index contributed by atoms with van der Waals surface area (Å²) in [4.78, 5) is 15.3. The van der Waals surface area contributed by atoms with E-state index in [4.69, 9.17) is 9.47 Å². The maximum Gasteiger partial charge on any atom is 0.340 e. The molecular weight excluding hydrogens is 364 g/mol. The average molecular weight is 395 g/mol. The highest BCUT2D eigenvalue weighted by Gasteiger charge is 2.22. The van der Waals surface area contributed by atoms with Crippen LogP contribution in [0.25, 0.3) is 16.6 Å². The van der Waals surface area contributed by atoms with Crippen LogP contribution in [0, 0.1) is 13.8 Å². The number of fused-ring (bicyclic) bond motifs is 1. The molecule has 0 N–H and O–H groups in total. The predicted molar refractivity (Wildman–Crippen MR) is 117 cm³/mol. The molecule has 0 saturated carbocycles. The molecule has 0 amide bonds. The second kappa shape index (κ2) is 9.14. The first kappa shape index (κ1) is 20.9. The van der Waals surface area contributed by atoms with Crippen molar-refractivity contribution in [3.8, 4) is 11.4 Å². The van der Waals surface area contributed by atoms with Crippen LogP contribution in [-0.4, -0.2) is 48.8 Å². The minimum atomic E-state index is -0.293. The third-order valence-corrected chi connectivity index (χ3v) is 5.44. The van der Waals surface area contributed by atoms with Gasteiger partial charge in [-0.3, -0.25) is 0 Å². The van der Waals surface area contributed by atoms with Crippen LogP contribution < -0.4 is 4.74 Å². The van der Waals surface area contributed by atoms with E-state index in [2.05, 4.69) is 54.5 Å². The van der Waals surface area contributed by atoms with Crippen molar-refractivity contribution in [1.29, 1.82) is 0 Å². The summed E-state index contributed by atoms with van der Waals surface area (Å²) in [5.74, 6) is 0.425. The quantitative estimate of drug-likeness (QED) is 0.517. The first-order valence-electron chi connectivity index (χ1n) is 10.2. The molecule has 29 heavy (non-hydrogen) atoms. The fraction of sp³-hybridized carbons (Fsp3) is 0.375. The number of benzene rings is 2. The topological polar surface area (TPSA) is 43.7 Å². The molecule has 1 heterocycles. The Hall–Kier alpha value is -2.79. The summed E-state index contributed by atoms with van der Waals surface area (Å²) in [5.41, 5.74) is 4.64. The molecule has 154 valence electrons. The molecule has 3 rings (SSSR count). The molecule has 1 aromatic heterocycles. The zero-order chi connectivity index (χ0) is 21.0. The van der Waals surface area contributed by atoms with E-state index in [-0.39, 0.29) is 5.97 Å². The van der Waals surface area contributed by atoms with Gasteiger partial charge in [0.15, 0.2) is 0 Å². The minimum absolute atomic E-state index is 0.293. The molecule has 0 bridgehead atoms. The summed E-state index contributed by atoms with van der Waals surface area (Å²) in [6.07, 6.45) is 0. The molecular formula is C24H30N2O3. The second-order valence-electron chi connectivity index (χ2n) is 7.18. The van der Waals surface area contributed by atoms with E-state index in [0.29, 0.717) is 12.2 Å². The number of nitrogens with zero attached hydrogens (tertiary/aromatic N) is 2. The molecule has 0 aliphatic rings. The number of methoxy groups -OCH3 is 1. The van der Waals surface area contributed by atoms with Crippen LogP contribution in [-0.2, 0) is 4.74 Å². The molecule has 0 aliphatic carbocycles. The lowest BCUT2D eigenvalue weighted by molar-refractivity contribution is 0.0468. The van der Waals surface area contributed by atoms with Crippen LogP contribution in [0.4, 0.5) is 0 Å². The van der Waals surface area contributed by atoms with Gasteiger partial charge in [0.25, 0.3) is 0 Å². The van der Waals surface area contributed by atoms with E-state index >= 15 is 0 Å². The first-order valence-corrected chi connectivity index (χ1v) is 10.2. The molecule has 5 heteroatoms. The molecule has 5 nitrogen and oxygen atoms in total. The lowest BCUT2D eigenvalue weighted by Gasteiger charge is -2.17. The Bertz CT molecular complexity index is 986. The number of rotatable bonds is 8. The van der Waals surface area contributed by atoms with Crippen molar-refractivity contribution in [3.05, 3.63) is 59.3 Å². The van der Waals surface area contributed by atoms with Crippen LogP contribution in [0.2, 0.25) is 0 Å². The van der Waals surface area contributed by atoms with Crippen molar-refractivity contribution in [3.63, 3.8) is 0 Å². The molecule has 2 aromatic carbocycles. The largest absolute Gasteiger partial charge is 0.497 e. The lowest BCUT2D eigenvalue weighted by atomic mass is 10.1. The van der Waals surface area contributed by atoms with Gasteiger partial charge in [-0.25, -0.2) is 4.79 Å². The molecule has 0 fully saturated rings. The lowest BCUT2D eigenvalue weighted by Crippen LogP contribution is -2.28. The fourth-order valence-corrected chi connectivity index (χ4v) is 3.69. The Morgan fingerprint density at radius 1 is 1.03 bits per heavy atom. The Balaban J connectivity index is 2.02. The van der Waals surface area contributed by atoms with E-state index in [1.807, 2.05) is 25.1 Å². The van der Waals surface area contributed by atoms with Gasteiger partial charge < -0.3 is 18.9 Å². The SMILES string of the molecule is CCN(CC)CCOC(=O)c1c(C)n(-c2ccc(C)cc2)c2ccc(OC)cc12. The maximum absolute atomic E-state index is 13.0. The van der Waals surface area contributed by atoms with Crippen LogP contribution in [0.5, 0.6) is 5.75 Å².